The van der Waals surface area contributed by atoms with Crippen LogP contribution in [0.3, 0.4) is 0 Å². The molecule has 0 spiro atoms. The topological polar surface area (TPSA) is 39.7 Å². The Hall–Kier alpha value is -0.820. The summed E-state index contributed by atoms with van der Waals surface area (Å²) in [5, 5.41) is 7.03. The van der Waals surface area contributed by atoms with Gasteiger partial charge in [-0.1, -0.05) is 45.0 Å². The van der Waals surface area contributed by atoms with E-state index in [1.54, 1.807) is 0 Å². The van der Waals surface area contributed by atoms with Gasteiger partial charge in [0.2, 0.25) is 0 Å². The molecule has 1 aromatic carbocycles. The molecule has 0 radical (unpaired) electrons. The second-order valence-corrected chi connectivity index (χ2v) is 8.01. The van der Waals surface area contributed by atoms with Gasteiger partial charge in [-0.2, -0.15) is 0 Å². The van der Waals surface area contributed by atoms with Crippen LogP contribution < -0.4 is 10.6 Å². The highest BCUT2D eigenvalue weighted by Crippen LogP contribution is 2.22. The molecule has 2 rings (SSSR count). The standard InChI is InChI=1S/C21H36N4.HI/c1-6-17-9-11-19(12-10-17)21(2,3)16-24-20(22-4)23-14-18-8-7-13-25(5)15-18;/h9-12,18H,6-8,13-16H2,1-5H3,(H2,22,23,24);1H. The minimum absolute atomic E-state index is 0. The van der Waals surface area contributed by atoms with Crippen molar-refractivity contribution in [3.8, 4) is 0 Å². The van der Waals surface area contributed by atoms with E-state index in [0.29, 0.717) is 5.92 Å². The molecule has 0 aliphatic carbocycles. The van der Waals surface area contributed by atoms with Crippen LogP contribution in [0.25, 0.3) is 0 Å². The maximum Gasteiger partial charge on any atom is 0.191 e. The summed E-state index contributed by atoms with van der Waals surface area (Å²) in [6.45, 7) is 11.0. The van der Waals surface area contributed by atoms with E-state index in [2.05, 4.69) is 72.6 Å². The highest BCUT2D eigenvalue weighted by molar-refractivity contribution is 14.0. The number of rotatable bonds is 6. The average molecular weight is 472 g/mol. The molecule has 2 N–H and O–H groups in total. The van der Waals surface area contributed by atoms with Crippen molar-refractivity contribution in [1.29, 1.82) is 0 Å². The summed E-state index contributed by atoms with van der Waals surface area (Å²) >= 11 is 0. The van der Waals surface area contributed by atoms with Crippen LogP contribution in [0.4, 0.5) is 0 Å². The van der Waals surface area contributed by atoms with Crippen molar-refractivity contribution >= 4 is 29.9 Å². The SMILES string of the molecule is CCc1ccc(C(C)(C)CNC(=NC)NCC2CCCN(C)C2)cc1.I. The zero-order valence-electron chi connectivity index (χ0n) is 17.1. The maximum absolute atomic E-state index is 4.40. The highest BCUT2D eigenvalue weighted by Gasteiger charge is 2.21. The Bertz CT molecular complexity index is 554. The Morgan fingerprint density at radius 2 is 1.92 bits per heavy atom. The van der Waals surface area contributed by atoms with Crippen molar-refractivity contribution in [3.05, 3.63) is 35.4 Å². The number of piperidine rings is 1. The molecule has 1 unspecified atom stereocenters. The van der Waals surface area contributed by atoms with E-state index in [1.165, 1.54) is 37.1 Å². The lowest BCUT2D eigenvalue weighted by Gasteiger charge is -2.31. The van der Waals surface area contributed by atoms with Crippen molar-refractivity contribution in [3.63, 3.8) is 0 Å². The highest BCUT2D eigenvalue weighted by atomic mass is 127. The smallest absolute Gasteiger partial charge is 0.191 e. The number of hydrogen-bond acceptors (Lipinski definition) is 2. The summed E-state index contributed by atoms with van der Waals surface area (Å²) in [4.78, 5) is 6.82. The molecular weight excluding hydrogens is 435 g/mol. The number of nitrogens with one attached hydrogen (secondary N) is 2. The number of guanidine groups is 1. The van der Waals surface area contributed by atoms with Gasteiger partial charge in [-0.05, 0) is 49.9 Å². The fraction of sp³-hybridized carbons (Fsp3) is 0.667. The molecule has 1 aliphatic heterocycles. The second kappa shape index (κ2) is 11.1. The van der Waals surface area contributed by atoms with Gasteiger partial charge in [-0.25, -0.2) is 0 Å². The van der Waals surface area contributed by atoms with Gasteiger partial charge in [0, 0.05) is 32.1 Å². The zero-order valence-corrected chi connectivity index (χ0v) is 19.5. The Kier molecular flexibility index (Phi) is 9.93. The quantitative estimate of drug-likeness (QED) is 0.377. The summed E-state index contributed by atoms with van der Waals surface area (Å²) in [7, 11) is 4.07. The van der Waals surface area contributed by atoms with Crippen LogP contribution in [0.2, 0.25) is 0 Å². The summed E-state index contributed by atoms with van der Waals surface area (Å²) in [6, 6.07) is 9.00. The normalized spacial score (nSPS) is 19.0. The molecule has 1 aliphatic rings. The Balaban J connectivity index is 0.00000338. The number of benzene rings is 1. The Morgan fingerprint density at radius 3 is 2.50 bits per heavy atom. The summed E-state index contributed by atoms with van der Waals surface area (Å²) < 4.78 is 0. The molecule has 0 amide bonds. The molecule has 1 heterocycles. The third-order valence-corrected chi connectivity index (χ3v) is 5.35. The maximum atomic E-state index is 4.40. The van der Waals surface area contributed by atoms with Gasteiger partial charge >= 0.3 is 0 Å². The van der Waals surface area contributed by atoms with Gasteiger partial charge in [0.15, 0.2) is 5.96 Å². The summed E-state index contributed by atoms with van der Waals surface area (Å²) in [6.07, 6.45) is 3.70. The predicted molar refractivity (Wildman–Crippen MR) is 124 cm³/mol. The molecule has 4 nitrogen and oxygen atoms in total. The lowest BCUT2D eigenvalue weighted by atomic mass is 9.84. The first-order valence-electron chi connectivity index (χ1n) is 9.67. The number of aliphatic imine (C=N–C) groups is 1. The molecule has 1 aromatic rings. The first kappa shape index (κ1) is 23.2. The molecule has 1 fully saturated rings. The van der Waals surface area contributed by atoms with Crippen LogP contribution in [0.1, 0.15) is 44.7 Å². The molecular formula is C21H37IN4. The minimum atomic E-state index is 0. The van der Waals surface area contributed by atoms with Crippen molar-refractivity contribution in [2.24, 2.45) is 10.9 Å². The third-order valence-electron chi connectivity index (χ3n) is 5.35. The van der Waals surface area contributed by atoms with E-state index in [-0.39, 0.29) is 29.4 Å². The first-order valence-corrected chi connectivity index (χ1v) is 9.67. The van der Waals surface area contributed by atoms with Crippen LogP contribution >= 0.6 is 24.0 Å². The van der Waals surface area contributed by atoms with Crippen LogP contribution in [0, 0.1) is 5.92 Å². The molecule has 0 saturated carbocycles. The van der Waals surface area contributed by atoms with Crippen molar-refractivity contribution in [1.82, 2.24) is 15.5 Å². The predicted octanol–water partition coefficient (Wildman–Crippen LogP) is 3.65. The molecule has 1 atom stereocenters. The van der Waals surface area contributed by atoms with Gasteiger partial charge in [0.1, 0.15) is 0 Å². The van der Waals surface area contributed by atoms with Crippen molar-refractivity contribution in [2.75, 3.05) is 40.3 Å². The lowest BCUT2D eigenvalue weighted by molar-refractivity contribution is 0.210. The number of halogens is 1. The molecule has 1 saturated heterocycles. The molecule has 148 valence electrons. The fourth-order valence-electron chi connectivity index (χ4n) is 3.50. The van der Waals surface area contributed by atoms with E-state index >= 15 is 0 Å². The van der Waals surface area contributed by atoms with Gasteiger partial charge < -0.3 is 15.5 Å². The van der Waals surface area contributed by atoms with Gasteiger partial charge in [0.25, 0.3) is 0 Å². The van der Waals surface area contributed by atoms with Crippen LogP contribution in [0.15, 0.2) is 29.3 Å². The Morgan fingerprint density at radius 1 is 1.23 bits per heavy atom. The molecule has 26 heavy (non-hydrogen) atoms. The van der Waals surface area contributed by atoms with E-state index in [9.17, 15) is 0 Å². The molecule has 5 heteroatoms. The van der Waals surface area contributed by atoms with Gasteiger partial charge in [0.05, 0.1) is 0 Å². The average Bonchev–Trinajstić information content (AvgIpc) is 2.62. The number of likely N-dealkylation sites (tertiary alicyclic amines) is 1. The third kappa shape index (κ3) is 7.06. The van der Waals surface area contributed by atoms with E-state index in [4.69, 9.17) is 0 Å². The van der Waals surface area contributed by atoms with Crippen molar-refractivity contribution in [2.45, 2.75) is 45.4 Å². The van der Waals surface area contributed by atoms with Gasteiger partial charge in [-0.15, -0.1) is 24.0 Å². The Labute approximate surface area is 177 Å². The largest absolute Gasteiger partial charge is 0.356 e. The lowest BCUT2D eigenvalue weighted by Crippen LogP contribution is -2.46. The van der Waals surface area contributed by atoms with Crippen molar-refractivity contribution < 1.29 is 0 Å². The number of hydrogen-bond donors (Lipinski definition) is 2. The van der Waals surface area contributed by atoms with E-state index in [1.807, 2.05) is 7.05 Å². The second-order valence-electron chi connectivity index (χ2n) is 8.01. The van der Waals surface area contributed by atoms with Gasteiger partial charge in [-0.3, -0.25) is 4.99 Å². The zero-order chi connectivity index (χ0) is 18.3. The monoisotopic (exact) mass is 472 g/mol. The number of aryl methyl sites for hydroxylation is 1. The minimum Gasteiger partial charge on any atom is -0.356 e. The first-order chi connectivity index (χ1) is 11.9. The number of nitrogens with zero attached hydrogens (tertiary/aromatic N) is 2. The fourth-order valence-corrected chi connectivity index (χ4v) is 3.50. The molecule has 0 aromatic heterocycles. The van der Waals surface area contributed by atoms with E-state index in [0.717, 1.165) is 25.5 Å². The molecule has 0 bridgehead atoms. The summed E-state index contributed by atoms with van der Waals surface area (Å²) in [5.74, 6) is 1.62. The van der Waals surface area contributed by atoms with E-state index < -0.39 is 0 Å². The summed E-state index contributed by atoms with van der Waals surface area (Å²) in [5.41, 5.74) is 2.82. The van der Waals surface area contributed by atoms with Crippen LogP contribution in [-0.2, 0) is 11.8 Å². The van der Waals surface area contributed by atoms with Crippen LogP contribution in [0.5, 0.6) is 0 Å². The van der Waals surface area contributed by atoms with Crippen LogP contribution in [-0.4, -0.2) is 51.1 Å².